The van der Waals surface area contributed by atoms with Gasteiger partial charge in [-0.3, -0.25) is 24.0 Å². The summed E-state index contributed by atoms with van der Waals surface area (Å²) in [6, 6.07) is 33.5. The van der Waals surface area contributed by atoms with E-state index in [0.29, 0.717) is 64.8 Å². The van der Waals surface area contributed by atoms with Crippen LogP contribution in [0.5, 0.6) is 28.7 Å². The average Bonchev–Trinajstić information content (AvgIpc) is 0.942. The molecular weight excluding hydrogens is 1230 g/mol. The van der Waals surface area contributed by atoms with Crippen molar-refractivity contribution < 1.29 is 88.7 Å². The summed E-state index contributed by atoms with van der Waals surface area (Å²) in [7, 11) is -18.8. The Morgan fingerprint density at radius 2 is 0.506 bits per heavy atom. The summed E-state index contributed by atoms with van der Waals surface area (Å²) < 4.78 is 70.0. The van der Waals surface area contributed by atoms with Crippen molar-refractivity contribution in [2.24, 2.45) is 5.41 Å². The number of hydrogen-bond acceptors (Lipinski definition) is 19. The summed E-state index contributed by atoms with van der Waals surface area (Å²) in [5.74, 6) is 0.358. The Labute approximate surface area is 529 Å². The number of carbonyl (C=O) groups is 5. The molecule has 0 saturated carbocycles. The van der Waals surface area contributed by atoms with E-state index in [9.17, 15) is 44.4 Å². The molecule has 24 heteroatoms. The first-order valence-corrected chi connectivity index (χ1v) is 42.4. The van der Waals surface area contributed by atoms with Gasteiger partial charge in [-0.25, -0.2) is 0 Å². The molecule has 1 aliphatic heterocycles. The molecule has 484 valence electrons. The number of benzene rings is 5. The first-order valence-electron chi connectivity index (χ1n) is 29.8. The molecule has 5 atom stereocenters. The van der Waals surface area contributed by atoms with Gasteiger partial charge >= 0.3 is 42.8 Å². The lowest BCUT2D eigenvalue weighted by molar-refractivity contribution is 0.0487. The molecule has 6 rings (SSSR count). The van der Waals surface area contributed by atoms with Crippen molar-refractivity contribution in [2.45, 2.75) is 156 Å². The first-order chi connectivity index (χ1) is 41.0. The lowest BCUT2D eigenvalue weighted by Crippen LogP contribution is -2.70. The third-order valence-corrected chi connectivity index (χ3v) is 36.0. The van der Waals surface area contributed by atoms with Crippen molar-refractivity contribution in [2.75, 3.05) is 31.9 Å². The van der Waals surface area contributed by atoms with Crippen LogP contribution < -0.4 is 23.7 Å². The minimum Gasteiger partial charge on any atom is -0.494 e. The van der Waals surface area contributed by atoms with E-state index in [1.165, 1.54) is 55.4 Å². The van der Waals surface area contributed by atoms with Crippen LogP contribution in [0.1, 0.15) is 141 Å². The van der Waals surface area contributed by atoms with Gasteiger partial charge in [0.1, 0.15) is 69.8 Å². The summed E-state index contributed by atoms with van der Waals surface area (Å²) in [5.41, 5.74) is -5.23. The van der Waals surface area contributed by atoms with Crippen molar-refractivity contribution in [1.82, 2.24) is 0 Å². The molecule has 5 unspecified atom stereocenters. The lowest BCUT2D eigenvalue weighted by Gasteiger charge is -2.49. The molecule has 0 radical (unpaired) electrons. The number of Topliss-reactive ketones (excluding diaryl/α,β-unsaturated/α-hetero) is 5. The van der Waals surface area contributed by atoms with Crippen LogP contribution in [0.15, 0.2) is 121 Å². The second-order valence-electron chi connectivity index (χ2n) is 26.7. The Morgan fingerprint density at radius 1 is 0.315 bits per heavy atom. The van der Waals surface area contributed by atoms with Crippen LogP contribution in [0.2, 0.25) is 44.8 Å². The molecule has 1 fully saturated rings. The summed E-state index contributed by atoms with van der Waals surface area (Å²) in [5, 5.41) is 41.9. The third kappa shape index (κ3) is 21.1. The maximum atomic E-state index is 13.1. The van der Waals surface area contributed by atoms with Crippen LogP contribution in [0.3, 0.4) is 0 Å². The zero-order chi connectivity index (χ0) is 66.2. The van der Waals surface area contributed by atoms with Crippen LogP contribution >= 0.6 is 0 Å². The van der Waals surface area contributed by atoms with Gasteiger partial charge in [0.25, 0.3) is 0 Å². The minimum atomic E-state index is -3.88. The van der Waals surface area contributed by atoms with Gasteiger partial charge in [-0.05, 0) is 234 Å². The Kier molecular flexibility index (Phi) is 23.0. The Hall–Kier alpha value is -5.83. The number of ketones is 5. The molecule has 0 bridgehead atoms. The zero-order valence-electron chi connectivity index (χ0n) is 54.3. The number of hydrogen-bond donors (Lipinski definition) is 4. The highest BCUT2D eigenvalue weighted by molar-refractivity contribution is 6.94. The number of aliphatic hydroxyl groups is 4. The van der Waals surface area contributed by atoms with E-state index >= 15 is 0 Å². The predicted octanol–water partition coefficient (Wildman–Crippen LogP) is 11.3. The molecule has 0 amide bonds. The van der Waals surface area contributed by atoms with Gasteiger partial charge in [0.15, 0.2) is 28.9 Å². The number of ether oxygens (including phenoxy) is 5. The Balaban J connectivity index is 1.43. The van der Waals surface area contributed by atoms with Crippen LogP contribution in [0.25, 0.3) is 0 Å². The monoisotopic (exact) mass is 1310 g/mol. The van der Waals surface area contributed by atoms with Gasteiger partial charge in [-0.1, -0.05) is 20.8 Å². The van der Waals surface area contributed by atoms with Crippen molar-refractivity contribution in [3.63, 3.8) is 0 Å². The summed E-state index contributed by atoms with van der Waals surface area (Å²) >= 11 is 0. The van der Waals surface area contributed by atoms with Gasteiger partial charge in [-0.2, -0.15) is 0 Å². The van der Waals surface area contributed by atoms with Crippen molar-refractivity contribution in [3.8, 4) is 28.7 Å². The van der Waals surface area contributed by atoms with Crippen LogP contribution in [-0.2, 0) is 20.6 Å². The van der Waals surface area contributed by atoms with Crippen LogP contribution in [0, 0.1) is 5.41 Å². The summed E-state index contributed by atoms with van der Waals surface area (Å²) in [4.78, 5) is 65.1. The Morgan fingerprint density at radius 3 is 0.719 bits per heavy atom. The molecule has 4 N–H and O–H groups in total. The zero-order valence-corrected chi connectivity index (χ0v) is 59.3. The molecule has 1 aliphatic rings. The second-order valence-corrected chi connectivity index (χ2v) is 44.0. The van der Waals surface area contributed by atoms with Crippen molar-refractivity contribution in [1.29, 1.82) is 0 Å². The van der Waals surface area contributed by atoms with E-state index in [-0.39, 0.29) is 54.4 Å². The Bertz CT molecular complexity index is 3060. The minimum absolute atomic E-state index is 0.00624. The highest BCUT2D eigenvalue weighted by atomic mass is 28.5. The first kappa shape index (κ1) is 72.2. The van der Waals surface area contributed by atoms with Gasteiger partial charge < -0.3 is 64.7 Å². The SMILES string of the molecule is CC(C)(C)C(=O)c1ccc(OCCC[Si]2(C)O[Si](C)(CCCOc3ccc(C(=O)C(C)(C)O)cc3)O[Si](C)(COc3ccc(C(=O)C(C)(C)O)cc3)O[Si](C)(COc3ccc(C(=O)C(C)(C)O)cc3)O[Si](C)(COc3ccc(C(=O)C(C)(C)O)cc3)O2)cc1. The normalized spacial score (nSPS) is 22.1. The molecule has 0 spiro atoms. The van der Waals surface area contributed by atoms with E-state index in [0.717, 1.165) is 0 Å². The lowest BCUT2D eigenvalue weighted by atomic mass is 9.86. The molecule has 1 heterocycles. The van der Waals surface area contributed by atoms with Gasteiger partial charge in [0.05, 0.1) is 13.2 Å². The molecule has 89 heavy (non-hydrogen) atoms. The second kappa shape index (κ2) is 28.4. The molecule has 5 aromatic rings. The van der Waals surface area contributed by atoms with Crippen molar-refractivity contribution in [3.05, 3.63) is 149 Å². The van der Waals surface area contributed by atoms with E-state index in [1.54, 1.807) is 121 Å². The quantitative estimate of drug-likeness (QED) is 0.0206. The molecule has 5 aromatic carbocycles. The van der Waals surface area contributed by atoms with Gasteiger partial charge in [-0.15, -0.1) is 0 Å². The van der Waals surface area contributed by atoms with E-state index in [4.69, 9.17) is 44.3 Å². The maximum Gasteiger partial charge on any atom is 0.356 e. The summed E-state index contributed by atoms with van der Waals surface area (Å²) in [6.45, 7) is 27.0. The predicted molar refractivity (Wildman–Crippen MR) is 348 cm³/mol. The maximum absolute atomic E-state index is 13.1. The molecular formula is C65H90O19Si5. The highest BCUT2D eigenvalue weighted by Gasteiger charge is 2.58. The third-order valence-electron chi connectivity index (χ3n) is 14.2. The fraction of sp³-hybridized carbons (Fsp3) is 0.462. The molecule has 0 aliphatic carbocycles. The van der Waals surface area contributed by atoms with Gasteiger partial charge in [0.2, 0.25) is 0 Å². The van der Waals surface area contributed by atoms with Gasteiger partial charge in [0, 0.05) is 33.2 Å². The molecule has 1 saturated heterocycles. The van der Waals surface area contributed by atoms with E-state index in [2.05, 4.69) is 0 Å². The van der Waals surface area contributed by atoms with Crippen LogP contribution in [-0.4, -0.2) is 146 Å². The summed E-state index contributed by atoms with van der Waals surface area (Å²) in [6.07, 6.45) is 0.467. The number of rotatable bonds is 28. The van der Waals surface area contributed by atoms with E-state index < -0.39 is 93.8 Å². The topological polar surface area (TPSA) is 259 Å². The molecule has 0 aromatic heterocycles. The van der Waals surface area contributed by atoms with E-state index in [1.807, 2.05) is 53.5 Å². The number of carbonyl (C=O) groups excluding carboxylic acids is 5. The standard InChI is InChI=1S/C65H90O19Si5/c1-61(2,3)56(66)46-19-29-51(30-20-46)75-39-17-41-85(12)80-86(13,42-18-40-76-52-31-21-47(22-32-52)57(67)62(4,5)71)82-88(15,44-78-54-35-25-49(26-36-54)59(69)64(8,9)73)84-89(16,45-79-55-37-27-50(28-38-55)60(70)65(10,11)74)83-87(14,81-85)43-77-53-33-23-48(24-34-53)58(68)63(6,7)72/h19-38,71-74H,17-18,39-45H2,1-16H3. The fourth-order valence-electron chi connectivity index (χ4n) is 9.94. The highest BCUT2D eigenvalue weighted by Crippen LogP contribution is 2.37. The van der Waals surface area contributed by atoms with Crippen molar-refractivity contribution >= 4 is 71.7 Å². The smallest absolute Gasteiger partial charge is 0.356 e. The van der Waals surface area contributed by atoms with Crippen LogP contribution in [0.4, 0.5) is 0 Å². The average molecular weight is 1320 g/mol. The largest absolute Gasteiger partial charge is 0.494 e. The fourth-order valence-corrected chi connectivity index (χ4v) is 36.8. The molecule has 19 nitrogen and oxygen atoms in total.